The molecule has 7 heteroatoms. The van der Waals surface area contributed by atoms with Crippen molar-refractivity contribution in [3.8, 4) is 22.0 Å². The van der Waals surface area contributed by atoms with Gasteiger partial charge in [0, 0.05) is 0 Å². The Hall–Kier alpha value is -2.90. The van der Waals surface area contributed by atoms with Crippen LogP contribution in [0.15, 0.2) is 77.0 Å². The molecule has 0 bridgehead atoms. The molecule has 5 nitrogen and oxygen atoms in total. The molecule has 142 valence electrons. The fourth-order valence-corrected chi connectivity index (χ4v) is 5.00. The largest absolute Gasteiger partial charge is 0.508 e. The van der Waals surface area contributed by atoms with Crippen LogP contribution in [0.3, 0.4) is 0 Å². The zero-order chi connectivity index (χ0) is 19.7. The Morgan fingerprint density at radius 1 is 1.04 bits per heavy atom. The highest BCUT2D eigenvalue weighted by atomic mass is 32.2. The second kappa shape index (κ2) is 7.26. The van der Waals surface area contributed by atoms with Gasteiger partial charge in [-0.1, -0.05) is 24.3 Å². The average molecular weight is 411 g/mol. The van der Waals surface area contributed by atoms with Crippen LogP contribution in [0.25, 0.3) is 16.3 Å². The lowest BCUT2D eigenvalue weighted by atomic mass is 10.2. The molecule has 0 radical (unpaired) electrons. The standard InChI is InChI=1S/C21H18N2O3S2/c1-15-5-2-3-6-20(15)23-16(13-19(22-23)21-7-4-12-27-21)14-28(25,26)18-10-8-17(24)9-11-18/h2-13,24H,14H2,1H3. The van der Waals surface area contributed by atoms with Crippen LogP contribution in [0.5, 0.6) is 5.75 Å². The molecular formula is C21H18N2O3S2. The number of aryl methyl sites for hydroxylation is 1. The number of nitrogens with zero attached hydrogens (tertiary/aromatic N) is 2. The van der Waals surface area contributed by atoms with E-state index in [0.717, 1.165) is 21.8 Å². The third-order valence-corrected chi connectivity index (χ3v) is 6.99. The van der Waals surface area contributed by atoms with E-state index in [0.29, 0.717) is 5.69 Å². The number of rotatable bonds is 5. The maximum Gasteiger partial charge on any atom is 0.184 e. The monoisotopic (exact) mass is 410 g/mol. The number of para-hydroxylation sites is 1. The Morgan fingerprint density at radius 3 is 2.46 bits per heavy atom. The maximum absolute atomic E-state index is 13.0. The van der Waals surface area contributed by atoms with Crippen molar-refractivity contribution in [1.29, 1.82) is 0 Å². The summed E-state index contributed by atoms with van der Waals surface area (Å²) in [5.41, 5.74) is 3.19. The van der Waals surface area contributed by atoms with Gasteiger partial charge in [0.2, 0.25) is 0 Å². The normalized spacial score (nSPS) is 11.6. The van der Waals surface area contributed by atoms with Crippen molar-refractivity contribution in [1.82, 2.24) is 9.78 Å². The first-order chi connectivity index (χ1) is 13.4. The van der Waals surface area contributed by atoms with E-state index in [9.17, 15) is 13.5 Å². The molecule has 0 amide bonds. The van der Waals surface area contributed by atoms with Gasteiger partial charge in [0.25, 0.3) is 0 Å². The Labute approximate surface area is 167 Å². The third kappa shape index (κ3) is 3.58. The molecule has 4 rings (SSSR count). The van der Waals surface area contributed by atoms with Crippen LogP contribution in [0.4, 0.5) is 0 Å². The number of hydrogen-bond acceptors (Lipinski definition) is 5. The van der Waals surface area contributed by atoms with Gasteiger partial charge < -0.3 is 5.11 Å². The third-order valence-electron chi connectivity index (χ3n) is 4.43. The molecular weight excluding hydrogens is 392 g/mol. The number of sulfone groups is 1. The minimum Gasteiger partial charge on any atom is -0.508 e. The summed E-state index contributed by atoms with van der Waals surface area (Å²) in [5.74, 6) is -0.159. The predicted octanol–water partition coefficient (Wildman–Crippen LogP) is 4.59. The minimum absolute atomic E-state index is 0.0314. The number of phenolic OH excluding ortho intramolecular Hbond substituents is 1. The molecule has 2 aromatic carbocycles. The first-order valence-corrected chi connectivity index (χ1v) is 11.2. The van der Waals surface area contributed by atoms with Crippen LogP contribution in [-0.4, -0.2) is 23.3 Å². The van der Waals surface area contributed by atoms with Crippen molar-refractivity contribution >= 4 is 21.2 Å². The molecule has 0 aliphatic carbocycles. The van der Waals surface area contributed by atoms with Crippen molar-refractivity contribution in [2.45, 2.75) is 17.6 Å². The van der Waals surface area contributed by atoms with Gasteiger partial charge >= 0.3 is 0 Å². The van der Waals surface area contributed by atoms with Crippen LogP contribution in [0.1, 0.15) is 11.3 Å². The molecule has 0 aliphatic rings. The number of phenols is 1. The van der Waals surface area contributed by atoms with E-state index in [-0.39, 0.29) is 16.4 Å². The minimum atomic E-state index is -3.60. The van der Waals surface area contributed by atoms with Crippen molar-refractivity contribution in [2.24, 2.45) is 0 Å². The van der Waals surface area contributed by atoms with Gasteiger partial charge in [-0.15, -0.1) is 11.3 Å². The lowest BCUT2D eigenvalue weighted by Gasteiger charge is -2.11. The maximum atomic E-state index is 13.0. The Kier molecular flexibility index (Phi) is 4.78. The summed E-state index contributed by atoms with van der Waals surface area (Å²) in [7, 11) is -3.60. The van der Waals surface area contributed by atoms with Crippen molar-refractivity contribution in [3.63, 3.8) is 0 Å². The predicted molar refractivity (Wildman–Crippen MR) is 111 cm³/mol. The van der Waals surface area contributed by atoms with E-state index in [1.807, 2.05) is 54.8 Å². The molecule has 0 fully saturated rings. The second-order valence-electron chi connectivity index (χ2n) is 6.45. The molecule has 0 atom stereocenters. The highest BCUT2D eigenvalue weighted by Crippen LogP contribution is 2.28. The van der Waals surface area contributed by atoms with Gasteiger partial charge in [0.1, 0.15) is 11.4 Å². The van der Waals surface area contributed by atoms with Crippen LogP contribution in [0, 0.1) is 6.92 Å². The number of hydrogen-bond donors (Lipinski definition) is 1. The fourth-order valence-electron chi connectivity index (χ4n) is 3.01. The van der Waals surface area contributed by atoms with E-state index in [2.05, 4.69) is 0 Å². The van der Waals surface area contributed by atoms with Crippen molar-refractivity contribution in [3.05, 3.63) is 83.4 Å². The fraction of sp³-hybridized carbons (Fsp3) is 0.0952. The van der Waals surface area contributed by atoms with Crippen LogP contribution < -0.4 is 0 Å². The molecule has 0 aliphatic heterocycles. The SMILES string of the molecule is Cc1ccccc1-n1nc(-c2cccs2)cc1CS(=O)(=O)c1ccc(O)cc1. The van der Waals surface area contributed by atoms with Gasteiger partial charge in [-0.05, 0) is 60.3 Å². The van der Waals surface area contributed by atoms with E-state index >= 15 is 0 Å². The summed E-state index contributed by atoms with van der Waals surface area (Å²) in [6.07, 6.45) is 0. The second-order valence-corrected chi connectivity index (χ2v) is 9.39. The van der Waals surface area contributed by atoms with E-state index in [1.54, 1.807) is 16.0 Å². The molecule has 2 heterocycles. The zero-order valence-electron chi connectivity index (χ0n) is 15.1. The highest BCUT2D eigenvalue weighted by Gasteiger charge is 2.21. The molecule has 2 aromatic heterocycles. The number of aromatic hydroxyl groups is 1. The van der Waals surface area contributed by atoms with Gasteiger partial charge in [0.15, 0.2) is 9.84 Å². The molecule has 0 unspecified atom stereocenters. The number of thiophene rings is 1. The highest BCUT2D eigenvalue weighted by molar-refractivity contribution is 7.90. The summed E-state index contributed by atoms with van der Waals surface area (Å²) < 4.78 is 27.6. The van der Waals surface area contributed by atoms with E-state index in [1.165, 1.54) is 24.3 Å². The Balaban J connectivity index is 1.81. The number of aromatic nitrogens is 2. The molecule has 0 saturated heterocycles. The zero-order valence-corrected chi connectivity index (χ0v) is 16.7. The smallest absolute Gasteiger partial charge is 0.184 e. The lowest BCUT2D eigenvalue weighted by Crippen LogP contribution is -2.10. The molecule has 0 saturated carbocycles. The summed E-state index contributed by atoms with van der Waals surface area (Å²) in [5, 5.41) is 16.1. The van der Waals surface area contributed by atoms with Gasteiger partial charge in [-0.2, -0.15) is 5.10 Å². The molecule has 28 heavy (non-hydrogen) atoms. The summed E-state index contributed by atoms with van der Waals surface area (Å²) >= 11 is 1.56. The van der Waals surface area contributed by atoms with Gasteiger partial charge in [0.05, 0.1) is 26.9 Å². The van der Waals surface area contributed by atoms with Crippen LogP contribution in [0.2, 0.25) is 0 Å². The Morgan fingerprint density at radius 2 is 1.79 bits per heavy atom. The molecule has 0 spiro atoms. The first kappa shape index (κ1) is 18.5. The van der Waals surface area contributed by atoms with Gasteiger partial charge in [-0.25, -0.2) is 13.1 Å². The first-order valence-electron chi connectivity index (χ1n) is 8.65. The van der Waals surface area contributed by atoms with Crippen LogP contribution in [-0.2, 0) is 15.6 Å². The summed E-state index contributed by atoms with van der Waals surface area (Å²) in [6, 6.07) is 19.1. The molecule has 4 aromatic rings. The summed E-state index contributed by atoms with van der Waals surface area (Å²) in [6.45, 7) is 1.97. The van der Waals surface area contributed by atoms with Crippen LogP contribution >= 0.6 is 11.3 Å². The van der Waals surface area contributed by atoms with Crippen molar-refractivity contribution < 1.29 is 13.5 Å². The van der Waals surface area contributed by atoms with E-state index < -0.39 is 9.84 Å². The quantitative estimate of drug-likeness (QED) is 0.522. The van der Waals surface area contributed by atoms with E-state index in [4.69, 9.17) is 5.10 Å². The number of benzene rings is 2. The van der Waals surface area contributed by atoms with Crippen molar-refractivity contribution in [2.75, 3.05) is 0 Å². The lowest BCUT2D eigenvalue weighted by molar-refractivity contribution is 0.475. The Bertz CT molecular complexity index is 1210. The topological polar surface area (TPSA) is 72.2 Å². The summed E-state index contributed by atoms with van der Waals surface area (Å²) in [4.78, 5) is 1.15. The average Bonchev–Trinajstić information content (AvgIpc) is 3.32. The van der Waals surface area contributed by atoms with Gasteiger partial charge in [-0.3, -0.25) is 0 Å². The molecule has 1 N–H and O–H groups in total.